The highest BCUT2D eigenvalue weighted by atomic mass is 19.1. The van der Waals surface area contributed by atoms with E-state index in [1.807, 2.05) is 11.0 Å². The molecule has 1 saturated carbocycles. The zero-order valence-corrected chi connectivity index (χ0v) is 17.6. The van der Waals surface area contributed by atoms with Crippen LogP contribution in [0.4, 0.5) is 4.39 Å². The lowest BCUT2D eigenvalue weighted by molar-refractivity contribution is -0.130. The van der Waals surface area contributed by atoms with Crippen molar-refractivity contribution < 1.29 is 9.18 Å². The van der Waals surface area contributed by atoms with Crippen molar-refractivity contribution in [3.63, 3.8) is 0 Å². The van der Waals surface area contributed by atoms with Gasteiger partial charge >= 0.3 is 0 Å². The normalized spacial score (nSPS) is 32.2. The number of amides is 1. The first kappa shape index (κ1) is 19.5. The van der Waals surface area contributed by atoms with Crippen LogP contribution in [0.1, 0.15) is 57.1 Å². The third kappa shape index (κ3) is 3.72. The third-order valence-corrected chi connectivity index (χ3v) is 8.14. The van der Waals surface area contributed by atoms with Gasteiger partial charge < -0.3 is 9.80 Å². The Hall–Kier alpha value is -1.46. The molecule has 1 aromatic carbocycles. The van der Waals surface area contributed by atoms with E-state index < -0.39 is 0 Å². The average Bonchev–Trinajstić information content (AvgIpc) is 3.44. The van der Waals surface area contributed by atoms with Crippen LogP contribution >= 0.6 is 0 Å². The minimum absolute atomic E-state index is 0.0248. The Kier molecular flexibility index (Phi) is 5.37. The van der Waals surface area contributed by atoms with Crippen molar-refractivity contribution >= 4 is 5.91 Å². The molecule has 29 heavy (non-hydrogen) atoms. The van der Waals surface area contributed by atoms with Crippen LogP contribution in [0, 0.1) is 17.7 Å². The number of nitrogens with zero attached hydrogens (tertiary/aromatic N) is 3. The quantitative estimate of drug-likeness (QED) is 0.776. The van der Waals surface area contributed by atoms with Crippen molar-refractivity contribution in [2.45, 2.75) is 63.6 Å². The maximum Gasteiger partial charge on any atom is 0.219 e. The molecule has 1 aliphatic carbocycles. The van der Waals surface area contributed by atoms with E-state index in [2.05, 4.69) is 9.80 Å². The number of piperidine rings is 1. The SMILES string of the molecule is CC(=O)N1C[C@H]2CN(C3CCN(C4CCCC4)CC3)C[C@H]2[C@@H]1c1cccc(F)c1. The first-order valence-electron chi connectivity index (χ1n) is 11.6. The summed E-state index contributed by atoms with van der Waals surface area (Å²) in [5, 5.41) is 0. The van der Waals surface area contributed by atoms with Crippen LogP contribution in [0.5, 0.6) is 0 Å². The molecule has 0 radical (unpaired) electrons. The van der Waals surface area contributed by atoms with Gasteiger partial charge in [-0.05, 0) is 62.4 Å². The van der Waals surface area contributed by atoms with Gasteiger partial charge in [0.2, 0.25) is 5.91 Å². The van der Waals surface area contributed by atoms with Crippen molar-refractivity contribution in [1.82, 2.24) is 14.7 Å². The molecule has 158 valence electrons. The van der Waals surface area contributed by atoms with E-state index in [0.29, 0.717) is 17.9 Å². The number of carbonyl (C=O) groups is 1. The maximum absolute atomic E-state index is 13.9. The standard InChI is InChI=1S/C24H34FN3O/c1-17(29)28-15-19-14-27(16-23(19)24(28)18-5-4-6-20(25)13-18)22-9-11-26(12-10-22)21-7-2-3-8-21/h4-6,13,19,21-24H,2-3,7-12,14-16H2,1H3/t19-,23-,24+/m1/s1. The van der Waals surface area contributed by atoms with Gasteiger partial charge in [-0.3, -0.25) is 9.69 Å². The molecule has 0 bridgehead atoms. The van der Waals surface area contributed by atoms with Crippen molar-refractivity contribution in [2.75, 3.05) is 32.7 Å². The zero-order chi connectivity index (χ0) is 20.0. The van der Waals surface area contributed by atoms with Gasteiger partial charge in [-0.2, -0.15) is 0 Å². The minimum atomic E-state index is -0.205. The number of benzene rings is 1. The zero-order valence-electron chi connectivity index (χ0n) is 17.6. The average molecular weight is 400 g/mol. The molecule has 3 heterocycles. The minimum Gasteiger partial charge on any atom is -0.335 e. The lowest BCUT2D eigenvalue weighted by Crippen LogP contribution is -2.47. The fourth-order valence-corrected chi connectivity index (χ4v) is 6.70. The van der Waals surface area contributed by atoms with Gasteiger partial charge in [-0.25, -0.2) is 4.39 Å². The molecule has 1 amide bonds. The summed E-state index contributed by atoms with van der Waals surface area (Å²) in [6.07, 6.45) is 8.17. The first-order valence-corrected chi connectivity index (χ1v) is 11.6. The van der Waals surface area contributed by atoms with Crippen molar-refractivity contribution in [2.24, 2.45) is 11.8 Å². The molecule has 0 unspecified atom stereocenters. The van der Waals surface area contributed by atoms with Gasteiger partial charge in [-0.1, -0.05) is 25.0 Å². The number of fused-ring (bicyclic) bond motifs is 1. The van der Waals surface area contributed by atoms with Gasteiger partial charge in [0.05, 0.1) is 6.04 Å². The Balaban J connectivity index is 1.26. The van der Waals surface area contributed by atoms with Crippen LogP contribution in [0.15, 0.2) is 24.3 Å². The second-order valence-corrected chi connectivity index (χ2v) is 9.75. The van der Waals surface area contributed by atoms with E-state index in [9.17, 15) is 9.18 Å². The lowest BCUT2D eigenvalue weighted by atomic mass is 9.89. The number of hydrogen-bond acceptors (Lipinski definition) is 3. The predicted octanol–water partition coefficient (Wildman–Crippen LogP) is 3.68. The number of halogens is 1. The second kappa shape index (κ2) is 7.99. The Labute approximate surface area is 174 Å². The van der Waals surface area contributed by atoms with Crippen LogP contribution in [0.2, 0.25) is 0 Å². The second-order valence-electron chi connectivity index (χ2n) is 9.75. The van der Waals surface area contributed by atoms with E-state index in [0.717, 1.165) is 31.2 Å². The molecule has 3 saturated heterocycles. The molecular formula is C24H34FN3O. The van der Waals surface area contributed by atoms with E-state index >= 15 is 0 Å². The molecule has 3 aliphatic heterocycles. The summed E-state index contributed by atoms with van der Waals surface area (Å²) >= 11 is 0. The number of rotatable bonds is 3. The summed E-state index contributed by atoms with van der Waals surface area (Å²) in [4.78, 5) is 19.7. The van der Waals surface area contributed by atoms with Crippen LogP contribution in [-0.4, -0.2) is 65.4 Å². The molecule has 5 heteroatoms. The summed E-state index contributed by atoms with van der Waals surface area (Å²) in [5.74, 6) is 0.849. The van der Waals surface area contributed by atoms with Crippen LogP contribution < -0.4 is 0 Å². The van der Waals surface area contributed by atoms with Gasteiger partial charge in [-0.15, -0.1) is 0 Å². The van der Waals surface area contributed by atoms with Crippen molar-refractivity contribution in [1.29, 1.82) is 0 Å². The van der Waals surface area contributed by atoms with E-state index in [1.165, 1.54) is 57.7 Å². The molecular weight excluding hydrogens is 365 g/mol. The molecule has 4 fully saturated rings. The van der Waals surface area contributed by atoms with Gasteiger partial charge in [0.15, 0.2) is 0 Å². The maximum atomic E-state index is 13.9. The Morgan fingerprint density at radius 2 is 1.69 bits per heavy atom. The van der Waals surface area contributed by atoms with Gasteiger partial charge in [0, 0.05) is 44.6 Å². The van der Waals surface area contributed by atoms with Crippen molar-refractivity contribution in [3.8, 4) is 0 Å². The van der Waals surface area contributed by atoms with E-state index in [1.54, 1.807) is 19.1 Å². The number of hydrogen-bond donors (Lipinski definition) is 0. The smallest absolute Gasteiger partial charge is 0.219 e. The predicted molar refractivity (Wildman–Crippen MR) is 112 cm³/mol. The lowest BCUT2D eigenvalue weighted by Gasteiger charge is -2.40. The summed E-state index contributed by atoms with van der Waals surface area (Å²) in [7, 11) is 0. The molecule has 0 spiro atoms. The highest BCUT2D eigenvalue weighted by Gasteiger charge is 2.49. The van der Waals surface area contributed by atoms with Gasteiger partial charge in [0.1, 0.15) is 5.82 Å². The molecule has 4 aliphatic rings. The molecule has 0 N–H and O–H groups in total. The Morgan fingerprint density at radius 1 is 0.966 bits per heavy atom. The summed E-state index contributed by atoms with van der Waals surface area (Å²) in [5.41, 5.74) is 0.964. The molecule has 5 rings (SSSR count). The first-order chi connectivity index (χ1) is 14.1. The van der Waals surface area contributed by atoms with Crippen LogP contribution in [-0.2, 0) is 4.79 Å². The van der Waals surface area contributed by atoms with E-state index in [-0.39, 0.29) is 17.8 Å². The summed E-state index contributed by atoms with van der Waals surface area (Å²) in [6.45, 7) is 7.10. The summed E-state index contributed by atoms with van der Waals surface area (Å²) in [6, 6.07) is 8.44. The third-order valence-electron chi connectivity index (χ3n) is 8.14. The number of carbonyl (C=O) groups excluding carboxylic acids is 1. The molecule has 3 atom stereocenters. The van der Waals surface area contributed by atoms with Crippen LogP contribution in [0.3, 0.4) is 0 Å². The molecule has 4 nitrogen and oxygen atoms in total. The van der Waals surface area contributed by atoms with Crippen LogP contribution in [0.25, 0.3) is 0 Å². The van der Waals surface area contributed by atoms with E-state index in [4.69, 9.17) is 0 Å². The monoisotopic (exact) mass is 399 g/mol. The highest BCUT2D eigenvalue weighted by molar-refractivity contribution is 5.74. The summed E-state index contributed by atoms with van der Waals surface area (Å²) < 4.78 is 13.9. The topological polar surface area (TPSA) is 26.8 Å². The van der Waals surface area contributed by atoms with Gasteiger partial charge in [0.25, 0.3) is 0 Å². The largest absolute Gasteiger partial charge is 0.335 e. The Bertz CT molecular complexity index is 741. The molecule has 0 aromatic heterocycles. The number of likely N-dealkylation sites (tertiary alicyclic amines) is 3. The highest BCUT2D eigenvalue weighted by Crippen LogP contribution is 2.46. The van der Waals surface area contributed by atoms with Crippen molar-refractivity contribution in [3.05, 3.63) is 35.6 Å². The fourth-order valence-electron chi connectivity index (χ4n) is 6.70. The Morgan fingerprint density at radius 3 is 2.38 bits per heavy atom. The fraction of sp³-hybridized carbons (Fsp3) is 0.708. The molecule has 1 aromatic rings.